The normalized spacial score (nSPS) is 31.7. The van der Waals surface area contributed by atoms with Crippen LogP contribution in [0, 0.1) is 40.4 Å². The molecule has 196 valence electrons. The highest BCUT2D eigenvalue weighted by atomic mass is 16.3. The summed E-state index contributed by atoms with van der Waals surface area (Å²) >= 11 is 0. The molecule has 38 heavy (non-hydrogen) atoms. The van der Waals surface area contributed by atoms with Crippen LogP contribution in [0.25, 0.3) is 11.1 Å². The summed E-state index contributed by atoms with van der Waals surface area (Å²) < 4.78 is 0. The maximum absolute atomic E-state index is 12.4. The van der Waals surface area contributed by atoms with E-state index in [4.69, 9.17) is 0 Å². The quantitative estimate of drug-likeness (QED) is 0.433. The second-order valence-electron chi connectivity index (χ2n) is 12.3. The molecule has 0 spiro atoms. The van der Waals surface area contributed by atoms with E-state index < -0.39 is 0 Å². The maximum atomic E-state index is 12.4. The summed E-state index contributed by atoms with van der Waals surface area (Å²) in [4.78, 5) is 12.4. The minimum atomic E-state index is 0.0891. The van der Waals surface area contributed by atoms with E-state index in [9.17, 15) is 20.3 Å². The second kappa shape index (κ2) is 9.86. The van der Waals surface area contributed by atoms with Crippen LogP contribution in [0.3, 0.4) is 0 Å². The van der Waals surface area contributed by atoms with Crippen molar-refractivity contribution >= 4 is 5.78 Å². The molecular formula is C34H37NO3. The topological polar surface area (TPSA) is 81.3 Å². The Balaban J connectivity index is 1.58. The Labute approximate surface area is 225 Å². The van der Waals surface area contributed by atoms with E-state index in [1.165, 1.54) is 11.1 Å². The number of phenolic OH excluding ortho intramolecular Hbond substituents is 1. The lowest BCUT2D eigenvalue weighted by atomic mass is 9.47. The zero-order chi connectivity index (χ0) is 26.4. The van der Waals surface area contributed by atoms with Crippen LogP contribution in [-0.4, -0.2) is 22.6 Å². The number of carbonyl (C=O) groups is 1. The summed E-state index contributed by atoms with van der Waals surface area (Å²) in [6.07, 6.45) is 13.9. The third kappa shape index (κ3) is 4.12. The maximum Gasteiger partial charge on any atom is 0.155 e. The molecule has 0 heterocycles. The van der Waals surface area contributed by atoms with Crippen LogP contribution >= 0.6 is 0 Å². The fourth-order valence-electron chi connectivity index (χ4n) is 8.66. The van der Waals surface area contributed by atoms with Gasteiger partial charge in [-0.3, -0.25) is 4.79 Å². The minimum Gasteiger partial charge on any atom is -0.508 e. The average molecular weight is 508 g/mol. The molecule has 2 aromatic rings. The molecule has 6 atom stereocenters. The van der Waals surface area contributed by atoms with Crippen molar-refractivity contribution in [3.8, 4) is 22.9 Å². The molecule has 2 N–H and O–H groups in total. The van der Waals surface area contributed by atoms with Gasteiger partial charge in [0.2, 0.25) is 0 Å². The van der Waals surface area contributed by atoms with Crippen LogP contribution in [0.15, 0.2) is 60.2 Å². The fraction of sp³-hybridized carbons (Fsp3) is 0.471. The molecule has 3 unspecified atom stereocenters. The minimum absolute atomic E-state index is 0.0891. The number of fused-ring (bicyclic) bond motifs is 5. The summed E-state index contributed by atoms with van der Waals surface area (Å²) in [5, 5.41) is 30.0. The molecule has 2 aromatic carbocycles. The van der Waals surface area contributed by atoms with Crippen molar-refractivity contribution in [3.05, 3.63) is 76.9 Å². The van der Waals surface area contributed by atoms with Gasteiger partial charge in [0.25, 0.3) is 0 Å². The predicted octanol–water partition coefficient (Wildman–Crippen LogP) is 6.86. The number of ketones is 1. The first-order valence-electron chi connectivity index (χ1n) is 14.3. The number of nitrogens with zero attached hydrogens (tertiary/aromatic N) is 1. The first-order valence-corrected chi connectivity index (χ1v) is 14.3. The molecule has 0 saturated heterocycles. The Hall–Kier alpha value is -3.16. The monoisotopic (exact) mass is 507 g/mol. The summed E-state index contributed by atoms with van der Waals surface area (Å²) in [5.41, 5.74) is 6.76. The van der Waals surface area contributed by atoms with Gasteiger partial charge in [0.05, 0.1) is 11.6 Å². The number of aliphatic hydroxyl groups excluding tert-OH is 1. The van der Waals surface area contributed by atoms with Crippen molar-refractivity contribution in [1.29, 1.82) is 5.26 Å². The Morgan fingerprint density at radius 2 is 1.89 bits per heavy atom. The van der Waals surface area contributed by atoms with Gasteiger partial charge < -0.3 is 10.2 Å². The zero-order valence-corrected chi connectivity index (χ0v) is 22.2. The molecule has 0 radical (unpaired) electrons. The van der Waals surface area contributed by atoms with Gasteiger partial charge in [0.1, 0.15) is 5.75 Å². The Morgan fingerprint density at radius 1 is 1.08 bits per heavy atom. The van der Waals surface area contributed by atoms with Crippen LogP contribution in [0.5, 0.6) is 5.75 Å². The number of benzene rings is 2. The first kappa shape index (κ1) is 25.1. The van der Waals surface area contributed by atoms with Gasteiger partial charge in [-0.1, -0.05) is 42.8 Å². The molecule has 4 heteroatoms. The lowest BCUT2D eigenvalue weighted by molar-refractivity contribution is -0.116. The number of phenols is 1. The van der Waals surface area contributed by atoms with Gasteiger partial charge in [-0.25, -0.2) is 0 Å². The molecule has 0 amide bonds. The van der Waals surface area contributed by atoms with Crippen LogP contribution in [-0.2, 0) is 11.2 Å². The highest BCUT2D eigenvalue weighted by molar-refractivity contribution is 5.91. The van der Waals surface area contributed by atoms with E-state index in [1.807, 2.05) is 24.3 Å². The van der Waals surface area contributed by atoms with E-state index in [1.54, 1.807) is 12.1 Å². The number of hydrogen-bond donors (Lipinski definition) is 2. The van der Waals surface area contributed by atoms with Crippen molar-refractivity contribution < 1.29 is 15.0 Å². The second-order valence-corrected chi connectivity index (χ2v) is 12.3. The molecule has 0 aromatic heterocycles. The molecule has 4 aliphatic carbocycles. The molecule has 2 saturated carbocycles. The Bertz CT molecular complexity index is 1350. The number of nitriles is 1. The van der Waals surface area contributed by atoms with Gasteiger partial charge in [-0.05, 0) is 126 Å². The van der Waals surface area contributed by atoms with Crippen LogP contribution < -0.4 is 0 Å². The Kier molecular flexibility index (Phi) is 6.52. The van der Waals surface area contributed by atoms with Crippen molar-refractivity contribution in [1.82, 2.24) is 0 Å². The molecule has 0 bridgehead atoms. The third-order valence-electron chi connectivity index (χ3n) is 10.2. The van der Waals surface area contributed by atoms with E-state index in [0.717, 1.165) is 48.8 Å². The molecule has 0 aliphatic heterocycles. The van der Waals surface area contributed by atoms with Crippen LogP contribution in [0.2, 0.25) is 0 Å². The van der Waals surface area contributed by atoms with Gasteiger partial charge in [-0.2, -0.15) is 5.26 Å². The standard InChI is InChI=1S/C34H37NO3/c1-34-16-2-5-31(34)29-14-8-22-18-25(38)12-15-28(22)33(29)30(19-34)32-26(4-3-17-36)23(20-35)9-13-27(32)21-6-10-24(37)11-7-21/h2,5-7,9-11,13,18,28-31,33,36-37H,3-4,8,12,14-17,19H2,1H3/t28?,29?,30-,31-,33?,34+/m1/s1. The zero-order valence-electron chi connectivity index (χ0n) is 22.2. The number of allylic oxidation sites excluding steroid dienone is 4. The highest BCUT2D eigenvalue weighted by Gasteiger charge is 2.55. The highest BCUT2D eigenvalue weighted by Crippen LogP contribution is 2.65. The molecule has 4 aliphatic rings. The van der Waals surface area contributed by atoms with Gasteiger partial charge in [0.15, 0.2) is 5.78 Å². The number of hydrogen-bond acceptors (Lipinski definition) is 4. The molecule has 6 rings (SSSR count). The lowest BCUT2D eigenvalue weighted by Gasteiger charge is -2.56. The van der Waals surface area contributed by atoms with E-state index in [0.29, 0.717) is 48.5 Å². The fourth-order valence-corrected chi connectivity index (χ4v) is 8.66. The SMILES string of the molecule is C[C@@]12CC=C[C@@H]1C1CCC3=CC(=O)CCC3C1[C@@H](c1c(-c3ccc(O)cc3)ccc(C#N)c1CCCO)C2. The predicted molar refractivity (Wildman–Crippen MR) is 148 cm³/mol. The lowest BCUT2D eigenvalue weighted by Crippen LogP contribution is -2.48. The number of rotatable bonds is 5. The van der Waals surface area contributed by atoms with E-state index >= 15 is 0 Å². The number of carbonyl (C=O) groups excluding carboxylic acids is 1. The van der Waals surface area contributed by atoms with Crippen LogP contribution in [0.1, 0.15) is 74.5 Å². The largest absolute Gasteiger partial charge is 0.508 e. The summed E-state index contributed by atoms with van der Waals surface area (Å²) in [6.45, 7) is 2.55. The van der Waals surface area contributed by atoms with Crippen molar-refractivity contribution in [2.75, 3.05) is 6.61 Å². The van der Waals surface area contributed by atoms with Gasteiger partial charge >= 0.3 is 0 Å². The van der Waals surface area contributed by atoms with Gasteiger partial charge in [0, 0.05) is 13.0 Å². The summed E-state index contributed by atoms with van der Waals surface area (Å²) in [7, 11) is 0. The Morgan fingerprint density at radius 3 is 2.66 bits per heavy atom. The van der Waals surface area contributed by atoms with Crippen molar-refractivity contribution in [2.24, 2.45) is 29.1 Å². The van der Waals surface area contributed by atoms with E-state index in [-0.39, 0.29) is 29.5 Å². The third-order valence-corrected chi connectivity index (χ3v) is 10.2. The van der Waals surface area contributed by atoms with Crippen LogP contribution in [0.4, 0.5) is 0 Å². The average Bonchev–Trinajstić information content (AvgIpc) is 3.32. The summed E-state index contributed by atoms with van der Waals surface area (Å²) in [5.74, 6) is 2.70. The number of aromatic hydroxyl groups is 1. The smallest absolute Gasteiger partial charge is 0.155 e. The van der Waals surface area contributed by atoms with Crippen molar-refractivity contribution in [2.45, 2.75) is 64.2 Å². The van der Waals surface area contributed by atoms with E-state index in [2.05, 4.69) is 31.2 Å². The molecule has 2 fully saturated rings. The summed E-state index contributed by atoms with van der Waals surface area (Å²) in [6, 6.07) is 13.9. The van der Waals surface area contributed by atoms with Gasteiger partial charge in [-0.15, -0.1) is 0 Å². The molecule has 4 nitrogen and oxygen atoms in total. The molecular weight excluding hydrogens is 470 g/mol. The first-order chi connectivity index (χ1) is 18.4. The van der Waals surface area contributed by atoms with Crippen molar-refractivity contribution in [3.63, 3.8) is 0 Å². The number of aliphatic hydroxyl groups is 1.